The molecule has 1 aromatic heterocycles. The van der Waals surface area contributed by atoms with Crippen molar-refractivity contribution < 1.29 is 9.50 Å². The van der Waals surface area contributed by atoms with Crippen LogP contribution < -0.4 is 15.5 Å². The molecule has 0 aliphatic carbocycles. The molecule has 3 rings (SSSR count). The molecular formula is C22H32FIN4OS. The highest BCUT2D eigenvalue weighted by molar-refractivity contribution is 14.0. The van der Waals surface area contributed by atoms with Crippen LogP contribution >= 0.6 is 35.3 Å². The number of thiophene rings is 1. The van der Waals surface area contributed by atoms with Crippen molar-refractivity contribution in [2.45, 2.75) is 45.3 Å². The SMILES string of the molecule is CCNC(=NCc1ccc(N2CCC(O)CC2)c(F)c1)NCC(C)c1cccs1.I. The van der Waals surface area contributed by atoms with Gasteiger partial charge in [0, 0.05) is 37.0 Å². The molecule has 0 bridgehead atoms. The van der Waals surface area contributed by atoms with Gasteiger partial charge in [0.05, 0.1) is 18.3 Å². The van der Waals surface area contributed by atoms with Crippen molar-refractivity contribution >= 4 is 47.0 Å². The minimum absolute atomic E-state index is 0. The Hall–Kier alpha value is -1.39. The topological polar surface area (TPSA) is 59.9 Å². The number of benzene rings is 1. The minimum Gasteiger partial charge on any atom is -0.393 e. The predicted octanol–water partition coefficient (Wildman–Crippen LogP) is 4.33. The summed E-state index contributed by atoms with van der Waals surface area (Å²) in [5.74, 6) is 0.919. The Kier molecular flexibility index (Phi) is 10.3. The molecule has 1 unspecified atom stereocenters. The van der Waals surface area contributed by atoms with Gasteiger partial charge in [-0.2, -0.15) is 0 Å². The van der Waals surface area contributed by atoms with E-state index in [1.807, 2.05) is 24.0 Å². The number of guanidine groups is 1. The Bertz CT molecular complexity index is 794. The van der Waals surface area contributed by atoms with Crippen LogP contribution in [0.4, 0.5) is 10.1 Å². The number of anilines is 1. The highest BCUT2D eigenvalue weighted by atomic mass is 127. The summed E-state index contributed by atoms with van der Waals surface area (Å²) in [6.07, 6.45) is 1.11. The number of hydrogen-bond donors (Lipinski definition) is 3. The standard InChI is InChI=1S/C22H31FN4OS.HI/c1-3-24-22(25-14-16(2)21-5-4-12-29-21)26-15-17-6-7-20(19(23)13-17)27-10-8-18(28)9-11-27;/h4-7,12-13,16,18,28H,3,8-11,14-15H2,1-2H3,(H2,24,25,26);1H. The van der Waals surface area contributed by atoms with Gasteiger partial charge in [-0.15, -0.1) is 35.3 Å². The molecule has 1 aliphatic rings. The van der Waals surface area contributed by atoms with Crippen LogP contribution in [0.25, 0.3) is 0 Å². The first-order valence-electron chi connectivity index (χ1n) is 10.3. The highest BCUT2D eigenvalue weighted by Crippen LogP contribution is 2.24. The first kappa shape index (κ1) is 24.9. The molecule has 8 heteroatoms. The van der Waals surface area contributed by atoms with Crippen LogP contribution in [0.5, 0.6) is 0 Å². The molecule has 0 amide bonds. The number of aliphatic hydroxyl groups is 1. The maximum absolute atomic E-state index is 14.6. The maximum Gasteiger partial charge on any atom is 0.191 e. The number of rotatable bonds is 7. The molecule has 2 heterocycles. The van der Waals surface area contributed by atoms with Gasteiger partial charge in [-0.3, -0.25) is 0 Å². The van der Waals surface area contributed by atoms with Crippen molar-refractivity contribution in [2.75, 3.05) is 31.1 Å². The Morgan fingerprint density at radius 2 is 2.07 bits per heavy atom. The monoisotopic (exact) mass is 546 g/mol. The van der Waals surface area contributed by atoms with Crippen LogP contribution in [0.15, 0.2) is 40.7 Å². The average molecular weight is 546 g/mol. The van der Waals surface area contributed by atoms with E-state index in [1.165, 1.54) is 4.88 Å². The second-order valence-electron chi connectivity index (χ2n) is 7.50. The van der Waals surface area contributed by atoms with E-state index in [-0.39, 0.29) is 35.9 Å². The molecule has 0 radical (unpaired) electrons. The van der Waals surface area contributed by atoms with E-state index in [1.54, 1.807) is 17.4 Å². The molecule has 166 valence electrons. The quantitative estimate of drug-likeness (QED) is 0.275. The molecule has 0 saturated carbocycles. The van der Waals surface area contributed by atoms with Crippen LogP contribution in [0.2, 0.25) is 0 Å². The fourth-order valence-corrected chi connectivity index (χ4v) is 4.23. The molecule has 5 nitrogen and oxygen atoms in total. The van der Waals surface area contributed by atoms with Crippen LogP contribution in [-0.4, -0.2) is 43.3 Å². The number of nitrogens with one attached hydrogen (secondary N) is 2. The van der Waals surface area contributed by atoms with Crippen molar-refractivity contribution in [3.63, 3.8) is 0 Å². The number of aliphatic imine (C=N–C) groups is 1. The van der Waals surface area contributed by atoms with Crippen LogP contribution in [0.1, 0.15) is 43.0 Å². The molecule has 3 N–H and O–H groups in total. The smallest absolute Gasteiger partial charge is 0.191 e. The van der Waals surface area contributed by atoms with Crippen molar-refractivity contribution in [2.24, 2.45) is 4.99 Å². The zero-order valence-electron chi connectivity index (χ0n) is 17.6. The fraction of sp³-hybridized carbons (Fsp3) is 0.500. The highest BCUT2D eigenvalue weighted by Gasteiger charge is 2.19. The van der Waals surface area contributed by atoms with Gasteiger partial charge in [0.15, 0.2) is 5.96 Å². The van der Waals surface area contributed by atoms with E-state index in [0.717, 1.165) is 24.6 Å². The summed E-state index contributed by atoms with van der Waals surface area (Å²) in [5, 5.41) is 18.4. The van der Waals surface area contributed by atoms with E-state index in [0.29, 0.717) is 44.1 Å². The molecule has 1 aromatic carbocycles. The lowest BCUT2D eigenvalue weighted by atomic mass is 10.1. The largest absolute Gasteiger partial charge is 0.393 e. The molecule has 2 aromatic rings. The molecule has 1 aliphatic heterocycles. The van der Waals surface area contributed by atoms with Gasteiger partial charge in [0.2, 0.25) is 0 Å². The molecule has 30 heavy (non-hydrogen) atoms. The summed E-state index contributed by atoms with van der Waals surface area (Å²) in [5.41, 5.74) is 1.45. The van der Waals surface area contributed by atoms with Gasteiger partial charge in [0.1, 0.15) is 5.82 Å². The summed E-state index contributed by atoms with van der Waals surface area (Å²) >= 11 is 1.76. The first-order valence-corrected chi connectivity index (χ1v) is 11.2. The van der Waals surface area contributed by atoms with Crippen molar-refractivity contribution in [3.05, 3.63) is 52.0 Å². The van der Waals surface area contributed by atoms with Gasteiger partial charge in [0.25, 0.3) is 0 Å². The summed E-state index contributed by atoms with van der Waals surface area (Å²) in [7, 11) is 0. The zero-order valence-corrected chi connectivity index (χ0v) is 20.8. The second kappa shape index (κ2) is 12.5. The van der Waals surface area contributed by atoms with Gasteiger partial charge < -0.3 is 20.6 Å². The number of aliphatic hydroxyl groups excluding tert-OH is 1. The second-order valence-corrected chi connectivity index (χ2v) is 8.48. The normalized spacial score (nSPS) is 16.1. The van der Waals surface area contributed by atoms with Crippen molar-refractivity contribution in [1.29, 1.82) is 0 Å². The van der Waals surface area contributed by atoms with Crippen LogP contribution in [0, 0.1) is 5.82 Å². The van der Waals surface area contributed by atoms with Gasteiger partial charge in [-0.25, -0.2) is 9.38 Å². The number of piperidine rings is 1. The summed E-state index contributed by atoms with van der Waals surface area (Å²) in [6, 6.07) is 9.55. The Balaban J connectivity index is 0.00000320. The first-order chi connectivity index (χ1) is 14.1. The Morgan fingerprint density at radius 1 is 1.30 bits per heavy atom. The van der Waals surface area contributed by atoms with E-state index in [9.17, 15) is 9.50 Å². The molecule has 0 spiro atoms. The third kappa shape index (κ3) is 7.09. The third-order valence-electron chi connectivity index (χ3n) is 5.19. The van der Waals surface area contributed by atoms with Gasteiger partial charge in [-0.05, 0) is 48.9 Å². The third-order valence-corrected chi connectivity index (χ3v) is 6.29. The Morgan fingerprint density at radius 3 is 2.70 bits per heavy atom. The van der Waals surface area contributed by atoms with E-state index in [4.69, 9.17) is 0 Å². The lowest BCUT2D eigenvalue weighted by molar-refractivity contribution is 0.145. The molecular weight excluding hydrogens is 514 g/mol. The van der Waals surface area contributed by atoms with E-state index >= 15 is 0 Å². The summed E-state index contributed by atoms with van der Waals surface area (Å²) < 4.78 is 14.6. The van der Waals surface area contributed by atoms with Gasteiger partial charge >= 0.3 is 0 Å². The average Bonchev–Trinajstić information content (AvgIpc) is 3.26. The van der Waals surface area contributed by atoms with Crippen molar-refractivity contribution in [3.8, 4) is 0 Å². The zero-order chi connectivity index (χ0) is 20.6. The Labute approximate surface area is 199 Å². The minimum atomic E-state index is -0.262. The molecule has 1 saturated heterocycles. The molecule has 1 atom stereocenters. The maximum atomic E-state index is 14.6. The number of halogens is 2. The van der Waals surface area contributed by atoms with E-state index < -0.39 is 0 Å². The van der Waals surface area contributed by atoms with E-state index in [2.05, 4.69) is 40.1 Å². The summed E-state index contributed by atoms with van der Waals surface area (Å²) in [6.45, 7) is 7.57. The van der Waals surface area contributed by atoms with Crippen LogP contribution in [-0.2, 0) is 6.54 Å². The van der Waals surface area contributed by atoms with Crippen molar-refractivity contribution in [1.82, 2.24) is 10.6 Å². The fourth-order valence-electron chi connectivity index (χ4n) is 3.45. The molecule has 1 fully saturated rings. The number of hydrogen-bond acceptors (Lipinski definition) is 4. The lowest BCUT2D eigenvalue weighted by Gasteiger charge is -2.31. The predicted molar refractivity (Wildman–Crippen MR) is 135 cm³/mol. The van der Waals surface area contributed by atoms with Crippen LogP contribution in [0.3, 0.4) is 0 Å². The summed E-state index contributed by atoms with van der Waals surface area (Å²) in [4.78, 5) is 7.97. The van der Waals surface area contributed by atoms with Gasteiger partial charge in [-0.1, -0.05) is 19.1 Å². The number of nitrogens with zero attached hydrogens (tertiary/aromatic N) is 2. The lowest BCUT2D eigenvalue weighted by Crippen LogP contribution is -2.39.